The summed E-state index contributed by atoms with van der Waals surface area (Å²) < 4.78 is 1.98. The van der Waals surface area contributed by atoms with E-state index in [1.165, 1.54) is 12.0 Å². The van der Waals surface area contributed by atoms with E-state index in [-0.39, 0.29) is 0 Å². The van der Waals surface area contributed by atoms with Crippen molar-refractivity contribution < 1.29 is 4.79 Å². The molecule has 0 unspecified atom stereocenters. The van der Waals surface area contributed by atoms with E-state index in [2.05, 4.69) is 44.2 Å². The first-order chi connectivity index (χ1) is 9.74. The second-order valence-corrected chi connectivity index (χ2v) is 5.18. The number of hydrogen-bond donors (Lipinski definition) is 0. The average molecular weight is 270 g/mol. The van der Waals surface area contributed by atoms with Gasteiger partial charge in [0.2, 0.25) is 0 Å². The van der Waals surface area contributed by atoms with Gasteiger partial charge in [0.1, 0.15) is 6.29 Å². The van der Waals surface area contributed by atoms with Crippen LogP contribution in [0.4, 0.5) is 0 Å². The van der Waals surface area contributed by atoms with E-state index in [0.717, 1.165) is 42.6 Å². The molecule has 106 valence electrons. The van der Waals surface area contributed by atoms with Gasteiger partial charge in [-0.15, -0.1) is 0 Å². The second-order valence-electron chi connectivity index (χ2n) is 5.18. The van der Waals surface area contributed by atoms with Gasteiger partial charge < -0.3 is 4.79 Å². The van der Waals surface area contributed by atoms with Gasteiger partial charge in [-0.05, 0) is 44.4 Å². The first-order valence-corrected chi connectivity index (χ1v) is 7.33. The molecular formula is C17H22N2O. The van der Waals surface area contributed by atoms with Gasteiger partial charge in [-0.2, -0.15) is 5.10 Å². The lowest BCUT2D eigenvalue weighted by atomic mass is 10.1. The minimum Gasteiger partial charge on any atom is -0.303 e. The maximum Gasteiger partial charge on any atom is 0.120 e. The van der Waals surface area contributed by atoms with Crippen molar-refractivity contribution in [2.75, 3.05) is 0 Å². The first-order valence-electron chi connectivity index (χ1n) is 7.33. The van der Waals surface area contributed by atoms with Gasteiger partial charge >= 0.3 is 0 Å². The summed E-state index contributed by atoms with van der Waals surface area (Å²) in [5.74, 6) is 0. The minimum absolute atomic E-state index is 0.546. The van der Waals surface area contributed by atoms with Crippen LogP contribution in [-0.4, -0.2) is 16.1 Å². The van der Waals surface area contributed by atoms with Crippen LogP contribution in [0.1, 0.15) is 43.1 Å². The predicted octanol–water partition coefficient (Wildman–Crippen LogP) is 3.65. The molecule has 0 saturated carbocycles. The summed E-state index contributed by atoms with van der Waals surface area (Å²) >= 11 is 0. The van der Waals surface area contributed by atoms with E-state index in [9.17, 15) is 4.79 Å². The molecule has 0 atom stereocenters. The predicted molar refractivity (Wildman–Crippen MR) is 81.3 cm³/mol. The number of nitrogens with zero attached hydrogens (tertiary/aromatic N) is 2. The summed E-state index contributed by atoms with van der Waals surface area (Å²) in [7, 11) is 0. The second kappa shape index (κ2) is 7.04. The van der Waals surface area contributed by atoms with E-state index in [1.807, 2.05) is 4.68 Å². The molecule has 0 amide bonds. The molecule has 2 rings (SSSR count). The lowest BCUT2D eigenvalue weighted by Gasteiger charge is -2.06. The van der Waals surface area contributed by atoms with Crippen LogP contribution < -0.4 is 0 Å². The lowest BCUT2D eigenvalue weighted by molar-refractivity contribution is -0.107. The Labute approximate surface area is 120 Å². The highest BCUT2D eigenvalue weighted by atomic mass is 16.1. The Hall–Kier alpha value is -1.90. The quantitative estimate of drug-likeness (QED) is 0.720. The van der Waals surface area contributed by atoms with Crippen LogP contribution >= 0.6 is 0 Å². The van der Waals surface area contributed by atoms with Crippen LogP contribution in [0, 0.1) is 6.92 Å². The maximum absolute atomic E-state index is 10.6. The zero-order chi connectivity index (χ0) is 14.4. The van der Waals surface area contributed by atoms with Gasteiger partial charge in [0, 0.05) is 12.1 Å². The van der Waals surface area contributed by atoms with E-state index in [1.54, 1.807) is 0 Å². The normalized spacial score (nSPS) is 10.7. The first kappa shape index (κ1) is 14.5. The molecule has 0 saturated heterocycles. The summed E-state index contributed by atoms with van der Waals surface area (Å²) in [6.45, 7) is 4.26. The zero-order valence-corrected chi connectivity index (χ0v) is 12.3. The van der Waals surface area contributed by atoms with Crippen LogP contribution in [0.5, 0.6) is 0 Å². The SMILES string of the molecule is CCCCc1cc(CCC=O)n(-c2ccc(C)cc2)n1. The largest absolute Gasteiger partial charge is 0.303 e. The van der Waals surface area contributed by atoms with Gasteiger partial charge in [-0.1, -0.05) is 31.0 Å². The molecule has 0 N–H and O–H groups in total. The van der Waals surface area contributed by atoms with E-state index >= 15 is 0 Å². The summed E-state index contributed by atoms with van der Waals surface area (Å²) in [6, 6.07) is 10.5. The van der Waals surface area contributed by atoms with Crippen LogP contribution in [0.25, 0.3) is 5.69 Å². The van der Waals surface area contributed by atoms with Crippen LogP contribution in [0.2, 0.25) is 0 Å². The number of aromatic nitrogens is 2. The van der Waals surface area contributed by atoms with Gasteiger partial charge in [-0.3, -0.25) is 0 Å². The molecule has 1 aromatic carbocycles. The molecule has 0 aliphatic rings. The van der Waals surface area contributed by atoms with Crippen LogP contribution in [0.15, 0.2) is 30.3 Å². The van der Waals surface area contributed by atoms with Crippen molar-refractivity contribution >= 4 is 6.29 Å². The fourth-order valence-corrected chi connectivity index (χ4v) is 2.25. The van der Waals surface area contributed by atoms with Gasteiger partial charge in [0.25, 0.3) is 0 Å². The molecule has 0 radical (unpaired) electrons. The van der Waals surface area contributed by atoms with Crippen molar-refractivity contribution in [3.05, 3.63) is 47.3 Å². The number of aldehydes is 1. The Kier molecular flexibility index (Phi) is 5.10. The highest BCUT2D eigenvalue weighted by molar-refractivity contribution is 5.50. The zero-order valence-electron chi connectivity index (χ0n) is 12.3. The molecule has 0 aliphatic carbocycles. The number of carbonyl (C=O) groups is 1. The number of benzene rings is 1. The Bertz CT molecular complexity index is 555. The van der Waals surface area contributed by atoms with Crippen molar-refractivity contribution in [1.82, 2.24) is 9.78 Å². The molecule has 2 aromatic rings. The highest BCUT2D eigenvalue weighted by Gasteiger charge is 2.09. The molecule has 0 spiro atoms. The van der Waals surface area contributed by atoms with Crippen molar-refractivity contribution in [3.8, 4) is 5.69 Å². The van der Waals surface area contributed by atoms with E-state index < -0.39 is 0 Å². The smallest absolute Gasteiger partial charge is 0.120 e. The number of aryl methyl sites for hydroxylation is 3. The van der Waals surface area contributed by atoms with Gasteiger partial charge in [0.05, 0.1) is 11.4 Å². The number of carbonyl (C=O) groups excluding carboxylic acids is 1. The minimum atomic E-state index is 0.546. The molecular weight excluding hydrogens is 248 g/mol. The molecule has 0 fully saturated rings. The maximum atomic E-state index is 10.6. The van der Waals surface area contributed by atoms with Crippen molar-refractivity contribution in [3.63, 3.8) is 0 Å². The van der Waals surface area contributed by atoms with Gasteiger partial charge in [0.15, 0.2) is 0 Å². The standard InChI is InChI=1S/C17H22N2O/c1-3-4-6-15-13-17(7-5-12-20)19(18-15)16-10-8-14(2)9-11-16/h8-13H,3-7H2,1-2H3. The topological polar surface area (TPSA) is 34.9 Å². The molecule has 0 bridgehead atoms. The molecule has 0 aliphatic heterocycles. The lowest BCUT2D eigenvalue weighted by Crippen LogP contribution is -2.03. The van der Waals surface area contributed by atoms with Crippen LogP contribution in [0.3, 0.4) is 0 Å². The fraction of sp³-hybridized carbons (Fsp3) is 0.412. The molecule has 20 heavy (non-hydrogen) atoms. The Morgan fingerprint density at radius 3 is 2.60 bits per heavy atom. The summed E-state index contributed by atoms with van der Waals surface area (Å²) in [4.78, 5) is 10.6. The van der Waals surface area contributed by atoms with E-state index in [0.29, 0.717) is 6.42 Å². The highest BCUT2D eigenvalue weighted by Crippen LogP contribution is 2.16. The number of unbranched alkanes of at least 4 members (excludes halogenated alkanes) is 1. The van der Waals surface area contributed by atoms with Crippen molar-refractivity contribution in [2.45, 2.75) is 46.0 Å². The van der Waals surface area contributed by atoms with E-state index in [4.69, 9.17) is 5.10 Å². The summed E-state index contributed by atoms with van der Waals surface area (Å²) in [5.41, 5.74) is 4.54. The Balaban J connectivity index is 2.30. The summed E-state index contributed by atoms with van der Waals surface area (Å²) in [5, 5.41) is 4.70. The van der Waals surface area contributed by atoms with Crippen molar-refractivity contribution in [1.29, 1.82) is 0 Å². The third-order valence-electron chi connectivity index (χ3n) is 3.42. The molecule has 1 heterocycles. The monoisotopic (exact) mass is 270 g/mol. The third-order valence-corrected chi connectivity index (χ3v) is 3.42. The fourth-order valence-electron chi connectivity index (χ4n) is 2.25. The molecule has 3 heteroatoms. The molecule has 3 nitrogen and oxygen atoms in total. The molecule has 1 aromatic heterocycles. The third kappa shape index (κ3) is 3.56. The Morgan fingerprint density at radius 2 is 1.95 bits per heavy atom. The van der Waals surface area contributed by atoms with Crippen molar-refractivity contribution in [2.24, 2.45) is 0 Å². The average Bonchev–Trinajstić information content (AvgIpc) is 2.87. The Morgan fingerprint density at radius 1 is 1.20 bits per heavy atom. The number of rotatable bonds is 7. The van der Waals surface area contributed by atoms with Gasteiger partial charge in [-0.25, -0.2) is 4.68 Å². The summed E-state index contributed by atoms with van der Waals surface area (Å²) in [6.07, 6.45) is 5.59. The van der Waals surface area contributed by atoms with Crippen LogP contribution in [-0.2, 0) is 17.6 Å². The number of hydrogen-bond acceptors (Lipinski definition) is 2.